The molecule has 1 heterocycles. The predicted octanol–water partition coefficient (Wildman–Crippen LogP) is 10.6. The summed E-state index contributed by atoms with van der Waals surface area (Å²) in [4.78, 5) is 25.3. The van der Waals surface area contributed by atoms with Gasteiger partial charge in [-0.2, -0.15) is 0 Å². The van der Waals surface area contributed by atoms with Crippen LogP contribution in [-0.2, 0) is 28.5 Å². The van der Waals surface area contributed by atoms with Gasteiger partial charge in [0.05, 0.1) is 13.2 Å². The summed E-state index contributed by atoms with van der Waals surface area (Å²) in [6.45, 7) is 3.26. The molecule has 0 amide bonds. The quantitative estimate of drug-likeness (QED) is 0.0204. The number of aliphatic hydroxyl groups excluding tert-OH is 4. The Bertz CT molecular complexity index is 1160. The number of ether oxygens (including phenoxy) is 4. The first-order valence-corrected chi connectivity index (χ1v) is 23.9. The zero-order chi connectivity index (χ0) is 43.7. The summed E-state index contributed by atoms with van der Waals surface area (Å²) in [6, 6.07) is 0. The molecule has 0 aromatic carbocycles. The van der Waals surface area contributed by atoms with Crippen molar-refractivity contribution in [1.29, 1.82) is 0 Å². The van der Waals surface area contributed by atoms with Gasteiger partial charge in [-0.25, -0.2) is 0 Å². The average molecular weight is 847 g/mol. The van der Waals surface area contributed by atoms with E-state index in [2.05, 4.69) is 56.4 Å². The Labute approximate surface area is 364 Å². The highest BCUT2D eigenvalue weighted by Crippen LogP contribution is 2.23. The van der Waals surface area contributed by atoms with Gasteiger partial charge in [-0.05, 0) is 64.2 Å². The van der Waals surface area contributed by atoms with E-state index in [9.17, 15) is 30.0 Å². The van der Waals surface area contributed by atoms with Crippen LogP contribution in [0.1, 0.15) is 187 Å². The molecular weight excluding hydrogens is 761 g/mol. The Hall–Kier alpha value is -2.60. The van der Waals surface area contributed by atoms with Gasteiger partial charge in [0.1, 0.15) is 31.0 Å². The van der Waals surface area contributed by atoms with E-state index in [-0.39, 0.29) is 26.1 Å². The van der Waals surface area contributed by atoms with Gasteiger partial charge in [0.15, 0.2) is 12.4 Å². The standard InChI is InChI=1S/C50H86O10/c1-3-5-7-9-11-13-15-17-18-19-20-21-22-23-24-25-27-28-30-32-34-36-38-45(52)57-41-43(42-58-50-49(56)48(55)47(54)44(40-51)60-50)59-46(53)39-37-35-33-31-29-26-16-14-12-10-8-6-4-2/h6,8,10,12,14,16,19-20,22-23,43-44,47-51,54-56H,3-5,7,9,11,13,15,17-18,21,24-42H2,1-2H3/b8-6+,12-10+,16-14+,20-19+,23-22+/t43?,44-,47+,48?,49?,50-/m0/s1. The minimum absolute atomic E-state index is 0.203. The van der Waals surface area contributed by atoms with Crippen LogP contribution < -0.4 is 0 Å². The van der Waals surface area contributed by atoms with Gasteiger partial charge < -0.3 is 39.4 Å². The number of hydrogen-bond acceptors (Lipinski definition) is 10. The molecule has 0 aromatic rings. The summed E-state index contributed by atoms with van der Waals surface area (Å²) >= 11 is 0. The summed E-state index contributed by atoms with van der Waals surface area (Å²) in [5, 5.41) is 40.1. The highest BCUT2D eigenvalue weighted by molar-refractivity contribution is 5.70. The number of carbonyl (C=O) groups is 2. The lowest BCUT2D eigenvalue weighted by Gasteiger charge is -2.39. The van der Waals surface area contributed by atoms with E-state index in [1.54, 1.807) is 0 Å². The molecule has 4 N–H and O–H groups in total. The zero-order valence-electron chi connectivity index (χ0n) is 37.7. The molecule has 3 unspecified atom stereocenters. The maximum Gasteiger partial charge on any atom is 0.306 e. The van der Waals surface area contributed by atoms with E-state index >= 15 is 0 Å². The van der Waals surface area contributed by atoms with Gasteiger partial charge in [-0.15, -0.1) is 0 Å². The van der Waals surface area contributed by atoms with Crippen molar-refractivity contribution in [2.75, 3.05) is 19.8 Å². The molecular formula is C50H86O10. The van der Waals surface area contributed by atoms with Crippen LogP contribution in [0.5, 0.6) is 0 Å². The molecule has 6 atom stereocenters. The summed E-state index contributed by atoms with van der Waals surface area (Å²) in [6.07, 6.45) is 42.3. The molecule has 10 heteroatoms. The number of unbranched alkanes of at least 4 members (excludes halogenated alkanes) is 20. The molecule has 1 saturated heterocycles. The van der Waals surface area contributed by atoms with Crippen LogP contribution in [0.3, 0.4) is 0 Å². The minimum Gasteiger partial charge on any atom is -0.462 e. The fraction of sp³-hybridized carbons (Fsp3) is 0.760. The van der Waals surface area contributed by atoms with E-state index in [0.717, 1.165) is 70.6 Å². The van der Waals surface area contributed by atoms with Gasteiger partial charge in [0.25, 0.3) is 0 Å². The molecule has 60 heavy (non-hydrogen) atoms. The van der Waals surface area contributed by atoms with Crippen LogP contribution in [0.2, 0.25) is 0 Å². The molecule has 1 fully saturated rings. The number of rotatable bonds is 39. The third kappa shape index (κ3) is 31.3. The van der Waals surface area contributed by atoms with Crippen molar-refractivity contribution in [2.45, 2.75) is 224 Å². The number of esters is 2. The zero-order valence-corrected chi connectivity index (χ0v) is 37.7. The monoisotopic (exact) mass is 847 g/mol. The van der Waals surface area contributed by atoms with Crippen LogP contribution >= 0.6 is 0 Å². The molecule has 0 spiro atoms. The molecule has 0 aliphatic carbocycles. The van der Waals surface area contributed by atoms with E-state index in [1.165, 1.54) is 77.0 Å². The number of hydrogen-bond donors (Lipinski definition) is 4. The van der Waals surface area contributed by atoms with E-state index in [0.29, 0.717) is 12.8 Å². The van der Waals surface area contributed by atoms with Crippen LogP contribution in [-0.4, -0.2) is 89.0 Å². The second-order valence-electron chi connectivity index (χ2n) is 16.2. The van der Waals surface area contributed by atoms with Crippen molar-refractivity contribution >= 4 is 11.9 Å². The normalized spacial score (nSPS) is 20.4. The smallest absolute Gasteiger partial charge is 0.306 e. The van der Waals surface area contributed by atoms with E-state index in [4.69, 9.17) is 18.9 Å². The lowest BCUT2D eigenvalue weighted by molar-refractivity contribution is -0.305. The molecule has 1 aliphatic rings. The number of aliphatic hydroxyl groups is 4. The number of allylic oxidation sites excluding steroid dienone is 10. The second-order valence-corrected chi connectivity index (χ2v) is 16.2. The van der Waals surface area contributed by atoms with E-state index < -0.39 is 55.4 Å². The van der Waals surface area contributed by atoms with Gasteiger partial charge in [-0.1, -0.05) is 171 Å². The third-order valence-corrected chi connectivity index (χ3v) is 10.7. The molecule has 10 nitrogen and oxygen atoms in total. The fourth-order valence-corrected chi connectivity index (χ4v) is 6.92. The fourth-order valence-electron chi connectivity index (χ4n) is 6.92. The third-order valence-electron chi connectivity index (χ3n) is 10.7. The Balaban J connectivity index is 2.28. The first kappa shape index (κ1) is 55.4. The van der Waals surface area contributed by atoms with Crippen molar-refractivity contribution in [3.8, 4) is 0 Å². The van der Waals surface area contributed by atoms with Crippen molar-refractivity contribution in [3.05, 3.63) is 60.8 Å². The predicted molar refractivity (Wildman–Crippen MR) is 242 cm³/mol. The molecule has 0 radical (unpaired) electrons. The number of carbonyl (C=O) groups excluding carboxylic acids is 2. The molecule has 346 valence electrons. The topological polar surface area (TPSA) is 152 Å². The molecule has 1 rings (SSSR count). The van der Waals surface area contributed by atoms with Crippen LogP contribution in [0.15, 0.2) is 60.8 Å². The summed E-state index contributed by atoms with van der Waals surface area (Å²) in [7, 11) is 0. The highest BCUT2D eigenvalue weighted by atomic mass is 16.7. The van der Waals surface area contributed by atoms with E-state index in [1.807, 2.05) is 18.2 Å². The van der Waals surface area contributed by atoms with Crippen molar-refractivity contribution in [3.63, 3.8) is 0 Å². The van der Waals surface area contributed by atoms with Crippen LogP contribution in [0, 0.1) is 0 Å². The molecule has 0 bridgehead atoms. The van der Waals surface area contributed by atoms with Crippen LogP contribution in [0.4, 0.5) is 0 Å². The first-order valence-electron chi connectivity index (χ1n) is 23.9. The second kappa shape index (κ2) is 40.5. The highest BCUT2D eigenvalue weighted by Gasteiger charge is 2.44. The minimum atomic E-state index is -1.60. The lowest BCUT2D eigenvalue weighted by Crippen LogP contribution is -2.59. The Morgan fingerprint density at radius 3 is 1.60 bits per heavy atom. The van der Waals surface area contributed by atoms with Gasteiger partial charge >= 0.3 is 11.9 Å². The van der Waals surface area contributed by atoms with Crippen LogP contribution in [0.25, 0.3) is 0 Å². The maximum absolute atomic E-state index is 12.8. The summed E-state index contributed by atoms with van der Waals surface area (Å²) < 4.78 is 22.1. The SMILES string of the molecule is CC/C=C/C=C/C=C/CCCCCCCC(=O)OC(COC(=O)CCCCCCCCC/C=C/C/C=C/CCCCCCCCCC)CO[C@H]1O[C@@H](CO)[C@@H](O)C(O)C1O. The average Bonchev–Trinajstić information content (AvgIpc) is 3.25. The summed E-state index contributed by atoms with van der Waals surface area (Å²) in [5.74, 6) is -0.842. The molecule has 1 aliphatic heterocycles. The molecule has 0 saturated carbocycles. The summed E-state index contributed by atoms with van der Waals surface area (Å²) in [5.41, 5.74) is 0. The van der Waals surface area contributed by atoms with Crippen molar-refractivity contribution < 1.29 is 49.0 Å². The van der Waals surface area contributed by atoms with Gasteiger partial charge in [-0.3, -0.25) is 9.59 Å². The van der Waals surface area contributed by atoms with Crippen molar-refractivity contribution in [1.82, 2.24) is 0 Å². The Kier molecular flexibility index (Phi) is 37.4. The first-order chi connectivity index (χ1) is 29.3. The Morgan fingerprint density at radius 2 is 1.05 bits per heavy atom. The van der Waals surface area contributed by atoms with Crippen molar-refractivity contribution in [2.24, 2.45) is 0 Å². The largest absolute Gasteiger partial charge is 0.462 e. The maximum atomic E-state index is 12.8. The lowest BCUT2D eigenvalue weighted by atomic mass is 9.99. The van der Waals surface area contributed by atoms with Gasteiger partial charge in [0, 0.05) is 12.8 Å². The Morgan fingerprint density at radius 1 is 0.550 bits per heavy atom. The molecule has 0 aromatic heterocycles. The van der Waals surface area contributed by atoms with Gasteiger partial charge in [0.2, 0.25) is 0 Å².